The molecule has 0 unspecified atom stereocenters. The zero-order valence-electron chi connectivity index (χ0n) is 3.73. The third-order valence-corrected chi connectivity index (χ3v) is 0.533. The second-order valence-electron chi connectivity index (χ2n) is 1.02. The van der Waals surface area contributed by atoms with Crippen molar-refractivity contribution in [3.05, 3.63) is 0 Å². The number of alkyl halides is 3. The molecule has 2 nitrogen and oxygen atoms in total. The first-order valence-electron chi connectivity index (χ1n) is 1.68. The van der Waals surface area contributed by atoms with Gasteiger partial charge in [0, 0.05) is 0 Å². The van der Waals surface area contributed by atoms with Gasteiger partial charge in [0.2, 0.25) is 0 Å². The Labute approximate surface area is 55.5 Å². The Morgan fingerprint density at radius 1 is 1.75 bits per heavy atom. The Balaban J connectivity index is 3.24. The van der Waals surface area contributed by atoms with Gasteiger partial charge < -0.3 is 4.74 Å². The van der Waals surface area contributed by atoms with Crippen molar-refractivity contribution >= 4 is 29.7 Å². The van der Waals surface area contributed by atoms with Crippen LogP contribution < -0.4 is 0 Å². The first-order valence-corrected chi connectivity index (χ1v) is 2.44. The van der Waals surface area contributed by atoms with Crippen molar-refractivity contribution in [1.29, 1.82) is 0 Å². The zero-order chi connectivity index (χ0) is 6.62. The molecule has 0 aromatic heterocycles. The van der Waals surface area contributed by atoms with Crippen LogP contribution in [0.5, 0.6) is 0 Å². The average Bonchev–Trinajstić information content (AvgIpc) is 1.59. The number of carbonyl (C=O) groups excluding carboxylic acids is 1. The summed E-state index contributed by atoms with van der Waals surface area (Å²) in [4.78, 5) is 9.35. The molecular formula is C3H3Cl2FO2. The molecule has 8 heavy (non-hydrogen) atoms. The van der Waals surface area contributed by atoms with Crippen LogP contribution in [0.25, 0.3) is 0 Å². The van der Waals surface area contributed by atoms with E-state index in [4.69, 9.17) is 23.2 Å². The highest BCUT2D eigenvalue weighted by molar-refractivity contribution is 6.47. The molecular weight excluding hydrogens is 158 g/mol. The fourth-order valence-electron chi connectivity index (χ4n) is 0.129. The number of halogens is 3. The lowest BCUT2D eigenvalue weighted by molar-refractivity contribution is -0.129. The third-order valence-electron chi connectivity index (χ3n) is 0.315. The Hall–Kier alpha value is -0.0200. The van der Waals surface area contributed by atoms with Gasteiger partial charge in [-0.15, -0.1) is 0 Å². The fraction of sp³-hybridized carbons (Fsp3) is 0.667. The lowest BCUT2D eigenvalue weighted by Crippen LogP contribution is -2.12. The second-order valence-corrected chi connectivity index (χ2v) is 2.41. The topological polar surface area (TPSA) is 26.3 Å². The lowest BCUT2D eigenvalue weighted by atomic mass is 10.8. The number of hydrogen-bond donors (Lipinski definition) is 0. The summed E-state index contributed by atoms with van der Waals surface area (Å²) in [6.45, 7) is -0.571. The van der Waals surface area contributed by atoms with Crippen molar-refractivity contribution in [2.24, 2.45) is 0 Å². The van der Waals surface area contributed by atoms with Crippen molar-refractivity contribution in [2.45, 2.75) is 4.59 Å². The highest BCUT2D eigenvalue weighted by Crippen LogP contribution is 2.21. The van der Waals surface area contributed by atoms with E-state index in [1.807, 2.05) is 0 Å². The van der Waals surface area contributed by atoms with Crippen LogP contribution in [0.15, 0.2) is 0 Å². The summed E-state index contributed by atoms with van der Waals surface area (Å²) in [5, 5.41) is 0. The largest absolute Gasteiger partial charge is 0.462 e. The van der Waals surface area contributed by atoms with Gasteiger partial charge in [0.05, 0.1) is 0 Å². The van der Waals surface area contributed by atoms with Gasteiger partial charge in [-0.1, -0.05) is 23.2 Å². The van der Waals surface area contributed by atoms with Gasteiger partial charge >= 0.3 is 0 Å². The average molecular weight is 161 g/mol. The molecule has 0 amide bonds. The van der Waals surface area contributed by atoms with Crippen molar-refractivity contribution < 1.29 is 13.9 Å². The number of carbonyl (C=O) groups is 1. The molecule has 48 valence electrons. The van der Waals surface area contributed by atoms with Crippen molar-refractivity contribution in [1.82, 2.24) is 0 Å². The summed E-state index contributed by atoms with van der Waals surface area (Å²) in [6, 6.07) is 0. The summed E-state index contributed by atoms with van der Waals surface area (Å²) in [5.74, 6) is 0. The van der Waals surface area contributed by atoms with Crippen LogP contribution in [0, 0.1) is 0 Å². The number of hydrogen-bond acceptors (Lipinski definition) is 2. The maximum atomic E-state index is 11.8. The van der Waals surface area contributed by atoms with Gasteiger partial charge in [0.1, 0.15) is 0 Å². The number of rotatable bonds is 3. The van der Waals surface area contributed by atoms with Crippen LogP contribution in [-0.4, -0.2) is 17.7 Å². The van der Waals surface area contributed by atoms with Crippen molar-refractivity contribution in [3.8, 4) is 0 Å². The normalized spacial score (nSPS) is 10.9. The molecule has 0 fully saturated rings. The van der Waals surface area contributed by atoms with Crippen LogP contribution in [0.2, 0.25) is 0 Å². The van der Waals surface area contributed by atoms with Crippen LogP contribution in [0.3, 0.4) is 0 Å². The highest BCUT2D eigenvalue weighted by atomic mass is 35.5. The van der Waals surface area contributed by atoms with Gasteiger partial charge in [-0.25, -0.2) is 4.39 Å². The highest BCUT2D eigenvalue weighted by Gasteiger charge is 2.22. The molecule has 0 saturated carbocycles. The first-order chi connectivity index (χ1) is 3.56. The third kappa shape index (κ3) is 5.98. The fourth-order valence-corrected chi connectivity index (χ4v) is 0.254. The molecule has 0 atom stereocenters. The molecule has 0 N–H and O–H groups in total. The number of ether oxygens (including phenoxy) is 1. The monoisotopic (exact) mass is 160 g/mol. The molecule has 0 aliphatic carbocycles. The minimum Gasteiger partial charge on any atom is -0.462 e. The van der Waals surface area contributed by atoms with E-state index in [9.17, 15) is 9.18 Å². The summed E-state index contributed by atoms with van der Waals surface area (Å²) in [6.07, 6.45) is 0. The lowest BCUT2D eigenvalue weighted by Gasteiger charge is -2.04. The van der Waals surface area contributed by atoms with Gasteiger partial charge in [0.25, 0.3) is 11.1 Å². The first kappa shape index (κ1) is 7.98. The smallest absolute Gasteiger partial charge is 0.293 e. The Kier molecular flexibility index (Phi) is 3.09. The minimum atomic E-state index is -2.46. The quantitative estimate of drug-likeness (QED) is 0.460. The molecule has 0 aliphatic heterocycles. The van der Waals surface area contributed by atoms with Gasteiger partial charge in [-0.3, -0.25) is 4.79 Å². The maximum absolute atomic E-state index is 11.8. The van der Waals surface area contributed by atoms with E-state index < -0.39 is 11.2 Å². The Morgan fingerprint density at radius 3 is 2.38 bits per heavy atom. The molecule has 0 aliphatic rings. The van der Waals surface area contributed by atoms with E-state index in [-0.39, 0.29) is 6.47 Å². The van der Waals surface area contributed by atoms with E-state index in [1.165, 1.54) is 0 Å². The van der Waals surface area contributed by atoms with Crippen LogP contribution in [0.1, 0.15) is 0 Å². The minimum absolute atomic E-state index is 0.0685. The second kappa shape index (κ2) is 3.10. The van der Waals surface area contributed by atoms with Crippen molar-refractivity contribution in [3.63, 3.8) is 0 Å². The molecule has 0 saturated heterocycles. The van der Waals surface area contributed by atoms with E-state index >= 15 is 0 Å². The van der Waals surface area contributed by atoms with E-state index in [1.54, 1.807) is 0 Å². The molecule has 0 heterocycles. The molecule has 0 radical (unpaired) electrons. The predicted molar refractivity (Wildman–Crippen MR) is 27.6 cm³/mol. The Bertz CT molecular complexity index is 79.8. The Morgan fingerprint density at radius 2 is 2.25 bits per heavy atom. The van der Waals surface area contributed by atoms with E-state index in [0.717, 1.165) is 0 Å². The van der Waals surface area contributed by atoms with E-state index in [2.05, 4.69) is 4.74 Å². The van der Waals surface area contributed by atoms with Gasteiger partial charge in [-0.2, -0.15) is 0 Å². The SMILES string of the molecule is O=COCC(F)(Cl)Cl. The maximum Gasteiger partial charge on any atom is 0.293 e. The summed E-state index contributed by atoms with van der Waals surface area (Å²) in [5.41, 5.74) is 0. The zero-order valence-corrected chi connectivity index (χ0v) is 5.25. The molecule has 5 heteroatoms. The molecule has 0 aromatic carbocycles. The molecule has 0 bridgehead atoms. The van der Waals surface area contributed by atoms with Crippen LogP contribution >= 0.6 is 23.2 Å². The summed E-state index contributed by atoms with van der Waals surface area (Å²) in [7, 11) is 0. The van der Waals surface area contributed by atoms with Crippen LogP contribution in [-0.2, 0) is 9.53 Å². The molecule has 0 spiro atoms. The van der Waals surface area contributed by atoms with Gasteiger partial charge in [0.15, 0.2) is 6.61 Å². The standard InChI is InChI=1S/C3H3Cl2FO2/c4-3(5,6)1-8-2-7/h2H,1H2. The van der Waals surface area contributed by atoms with Gasteiger partial charge in [-0.05, 0) is 0 Å². The summed E-state index contributed by atoms with van der Waals surface area (Å²) < 4.78 is 13.2. The summed E-state index contributed by atoms with van der Waals surface area (Å²) >= 11 is 9.45. The van der Waals surface area contributed by atoms with Crippen molar-refractivity contribution in [2.75, 3.05) is 6.61 Å². The molecule has 0 aromatic rings. The predicted octanol–water partition coefficient (Wildman–Crippen LogP) is 1.26. The molecule has 0 rings (SSSR count). The van der Waals surface area contributed by atoms with E-state index in [0.29, 0.717) is 0 Å². The van der Waals surface area contributed by atoms with Crippen LogP contribution in [0.4, 0.5) is 4.39 Å².